The molecule has 1 aliphatic rings. The van der Waals surface area contributed by atoms with Gasteiger partial charge in [0.1, 0.15) is 0 Å². The Balaban J connectivity index is 2.34. The quantitative estimate of drug-likeness (QED) is 0.712. The van der Waals surface area contributed by atoms with Crippen molar-refractivity contribution in [1.29, 1.82) is 0 Å². The van der Waals surface area contributed by atoms with Crippen LogP contribution in [0.2, 0.25) is 0 Å². The van der Waals surface area contributed by atoms with Crippen LogP contribution in [0.3, 0.4) is 0 Å². The van der Waals surface area contributed by atoms with Crippen LogP contribution in [0, 0.1) is 0 Å². The predicted molar refractivity (Wildman–Crippen MR) is 60.4 cm³/mol. The van der Waals surface area contributed by atoms with E-state index in [1.165, 1.54) is 10.5 Å². The summed E-state index contributed by atoms with van der Waals surface area (Å²) in [5, 5.41) is 10.6. The maximum Gasteiger partial charge on any atom is 0.324 e. The number of carbonyl (C=O) groups excluding carboxylic acids is 2. The molecule has 0 atom stereocenters. The molecule has 0 radical (unpaired) electrons. The van der Waals surface area contributed by atoms with Gasteiger partial charge in [0, 0.05) is 19.5 Å². The summed E-state index contributed by atoms with van der Waals surface area (Å²) in [5.74, 6) is -1.60. The van der Waals surface area contributed by atoms with E-state index in [-0.39, 0.29) is 12.8 Å². The Morgan fingerprint density at radius 2 is 2.12 bits per heavy atom. The maximum absolute atomic E-state index is 11.6. The number of carboxylic acid groups (broad SMARTS) is 1. The first kappa shape index (κ1) is 13.2. The minimum atomic E-state index is -1.05. The van der Waals surface area contributed by atoms with E-state index in [9.17, 15) is 14.4 Å². The van der Waals surface area contributed by atoms with Crippen molar-refractivity contribution in [2.45, 2.75) is 26.2 Å². The fraction of sp³-hybridized carbons (Fsp3) is 0.545. The van der Waals surface area contributed by atoms with E-state index >= 15 is 0 Å². The van der Waals surface area contributed by atoms with Gasteiger partial charge in [-0.3, -0.25) is 14.9 Å². The summed E-state index contributed by atoms with van der Waals surface area (Å²) in [6.07, 6.45) is 2.30. The highest BCUT2D eigenvalue weighted by Gasteiger charge is 2.17. The molecular weight excluding hydrogens is 224 g/mol. The van der Waals surface area contributed by atoms with Crippen molar-refractivity contribution < 1.29 is 19.5 Å². The second-order valence-corrected chi connectivity index (χ2v) is 3.99. The van der Waals surface area contributed by atoms with Gasteiger partial charge in [0.05, 0.1) is 6.42 Å². The third kappa shape index (κ3) is 4.67. The molecule has 0 aromatic rings. The molecule has 0 aromatic heterocycles. The lowest BCUT2D eigenvalue weighted by molar-refractivity contribution is -0.138. The fourth-order valence-corrected chi connectivity index (χ4v) is 1.44. The minimum absolute atomic E-state index is 0.177. The molecule has 1 rings (SSSR count). The summed E-state index contributed by atoms with van der Waals surface area (Å²) in [6, 6.07) is -0.455. The molecule has 3 amide bonds. The summed E-state index contributed by atoms with van der Waals surface area (Å²) in [5.41, 5.74) is 1.23. The number of hydrogen-bond donors (Lipinski definition) is 2. The van der Waals surface area contributed by atoms with Gasteiger partial charge < -0.3 is 10.0 Å². The molecule has 94 valence electrons. The highest BCUT2D eigenvalue weighted by atomic mass is 16.4. The number of nitrogens with one attached hydrogen (secondary N) is 1. The predicted octanol–water partition coefficient (Wildman–Crippen LogP) is 0.739. The van der Waals surface area contributed by atoms with Crippen molar-refractivity contribution in [1.82, 2.24) is 10.2 Å². The number of aliphatic carboxylic acids is 1. The van der Waals surface area contributed by atoms with E-state index in [1.54, 1.807) is 0 Å². The van der Waals surface area contributed by atoms with E-state index in [0.717, 1.165) is 6.42 Å². The van der Waals surface area contributed by atoms with Crippen LogP contribution in [0.5, 0.6) is 0 Å². The largest absolute Gasteiger partial charge is 0.481 e. The number of amides is 3. The van der Waals surface area contributed by atoms with Gasteiger partial charge in [-0.15, -0.1) is 0 Å². The zero-order chi connectivity index (χ0) is 12.8. The van der Waals surface area contributed by atoms with Crippen molar-refractivity contribution in [3.63, 3.8) is 0 Å². The molecular formula is C11H16N2O4. The number of carbonyl (C=O) groups is 3. The average Bonchev–Trinajstić information content (AvgIpc) is 2.27. The van der Waals surface area contributed by atoms with Gasteiger partial charge in [-0.05, 0) is 13.3 Å². The smallest absolute Gasteiger partial charge is 0.324 e. The first-order valence-electron chi connectivity index (χ1n) is 5.45. The van der Waals surface area contributed by atoms with Crippen molar-refractivity contribution >= 4 is 17.9 Å². The van der Waals surface area contributed by atoms with Gasteiger partial charge in [0.2, 0.25) is 5.91 Å². The molecule has 1 heterocycles. The van der Waals surface area contributed by atoms with Crippen LogP contribution in [0.25, 0.3) is 0 Å². The van der Waals surface area contributed by atoms with Crippen LogP contribution in [0.1, 0.15) is 26.2 Å². The number of hydrogen-bond acceptors (Lipinski definition) is 3. The number of carboxylic acids is 1. The summed E-state index contributed by atoms with van der Waals surface area (Å²) in [6.45, 7) is 3.07. The topological polar surface area (TPSA) is 86.7 Å². The molecule has 2 N–H and O–H groups in total. The molecule has 0 saturated heterocycles. The Labute approximate surface area is 99.3 Å². The lowest BCUT2D eigenvalue weighted by Crippen LogP contribution is -2.44. The first-order valence-corrected chi connectivity index (χ1v) is 5.45. The Morgan fingerprint density at radius 3 is 2.65 bits per heavy atom. The zero-order valence-corrected chi connectivity index (χ0v) is 9.73. The summed E-state index contributed by atoms with van der Waals surface area (Å²) >= 11 is 0. The minimum Gasteiger partial charge on any atom is -0.481 e. The van der Waals surface area contributed by atoms with Crippen LogP contribution >= 0.6 is 0 Å². The third-order valence-corrected chi connectivity index (χ3v) is 2.54. The highest BCUT2D eigenvalue weighted by Crippen LogP contribution is 2.09. The summed E-state index contributed by atoms with van der Waals surface area (Å²) < 4.78 is 0. The van der Waals surface area contributed by atoms with E-state index in [2.05, 4.69) is 5.32 Å². The Morgan fingerprint density at radius 1 is 1.41 bits per heavy atom. The lowest BCUT2D eigenvalue weighted by Gasteiger charge is -2.25. The molecule has 0 aliphatic carbocycles. The zero-order valence-electron chi connectivity index (χ0n) is 9.73. The van der Waals surface area contributed by atoms with E-state index in [1.807, 2.05) is 13.0 Å². The number of nitrogens with zero attached hydrogens (tertiary/aromatic N) is 1. The SMILES string of the molecule is CC1=CCN(C(=O)NC(=O)CCC(=O)O)CC1. The van der Waals surface area contributed by atoms with Crippen LogP contribution in [0.15, 0.2) is 11.6 Å². The molecule has 0 aromatic carbocycles. The number of rotatable bonds is 3. The van der Waals surface area contributed by atoms with E-state index < -0.39 is 17.9 Å². The van der Waals surface area contributed by atoms with Gasteiger partial charge in [-0.1, -0.05) is 11.6 Å². The van der Waals surface area contributed by atoms with Crippen molar-refractivity contribution in [2.24, 2.45) is 0 Å². The van der Waals surface area contributed by atoms with Crippen LogP contribution in [-0.2, 0) is 9.59 Å². The second kappa shape index (κ2) is 6.03. The first-order chi connectivity index (χ1) is 7.99. The summed E-state index contributed by atoms with van der Waals surface area (Å²) in [7, 11) is 0. The normalized spacial score (nSPS) is 15.1. The molecule has 17 heavy (non-hydrogen) atoms. The molecule has 0 spiro atoms. The van der Waals surface area contributed by atoms with Crippen LogP contribution in [-0.4, -0.2) is 41.0 Å². The standard InChI is InChI=1S/C11H16N2O4/c1-8-4-6-13(7-5-8)11(17)12-9(14)2-3-10(15)16/h4H,2-3,5-7H2,1H3,(H,15,16)(H,12,14,17). The summed E-state index contributed by atoms with van der Waals surface area (Å²) in [4.78, 5) is 34.6. The molecule has 6 nitrogen and oxygen atoms in total. The van der Waals surface area contributed by atoms with E-state index in [0.29, 0.717) is 13.1 Å². The van der Waals surface area contributed by atoms with Gasteiger partial charge in [0.15, 0.2) is 0 Å². The number of urea groups is 1. The lowest BCUT2D eigenvalue weighted by atomic mass is 10.1. The molecule has 0 fully saturated rings. The van der Waals surface area contributed by atoms with Gasteiger partial charge in [-0.2, -0.15) is 0 Å². The maximum atomic E-state index is 11.6. The van der Waals surface area contributed by atoms with Crippen LogP contribution in [0.4, 0.5) is 4.79 Å². The van der Waals surface area contributed by atoms with Crippen molar-refractivity contribution in [3.8, 4) is 0 Å². The molecule has 0 saturated carbocycles. The Bertz CT molecular complexity index is 362. The second-order valence-electron chi connectivity index (χ2n) is 3.99. The average molecular weight is 240 g/mol. The number of imide groups is 1. The Kier molecular flexibility index (Phi) is 4.68. The van der Waals surface area contributed by atoms with Crippen LogP contribution < -0.4 is 5.32 Å². The van der Waals surface area contributed by atoms with Gasteiger partial charge in [0.25, 0.3) is 0 Å². The van der Waals surface area contributed by atoms with Gasteiger partial charge in [-0.25, -0.2) is 4.79 Å². The highest BCUT2D eigenvalue weighted by molar-refractivity contribution is 5.95. The van der Waals surface area contributed by atoms with E-state index in [4.69, 9.17) is 5.11 Å². The van der Waals surface area contributed by atoms with Crippen molar-refractivity contribution in [3.05, 3.63) is 11.6 Å². The molecule has 6 heteroatoms. The van der Waals surface area contributed by atoms with Gasteiger partial charge >= 0.3 is 12.0 Å². The Hall–Kier alpha value is -1.85. The van der Waals surface area contributed by atoms with Crippen molar-refractivity contribution in [2.75, 3.05) is 13.1 Å². The third-order valence-electron chi connectivity index (χ3n) is 2.54. The molecule has 1 aliphatic heterocycles. The fourth-order valence-electron chi connectivity index (χ4n) is 1.44. The molecule has 0 bridgehead atoms. The molecule has 0 unspecified atom stereocenters. The monoisotopic (exact) mass is 240 g/mol.